The summed E-state index contributed by atoms with van der Waals surface area (Å²) in [5, 5.41) is 4.91. The molecule has 5 rings (SSSR count). The number of pyridine rings is 1. The number of para-hydroxylation sites is 1. The van der Waals surface area contributed by atoms with Crippen molar-refractivity contribution in [1.29, 1.82) is 0 Å². The summed E-state index contributed by atoms with van der Waals surface area (Å²) in [6, 6.07) is 15.5. The van der Waals surface area contributed by atoms with E-state index in [9.17, 15) is 9.18 Å². The molecular formula is C27H23Cl2FN4O. The SMILES string of the molecule is O=C(NCc1ccnc(Cl)c1)n1c2c(c3cccc(Cl)c31)CN(CC=Cc1ccc(F)cc1)CC2. The average molecular weight is 509 g/mol. The molecule has 1 aliphatic rings. The normalized spacial score (nSPS) is 13.9. The molecule has 0 aliphatic carbocycles. The number of carbonyl (C=O) groups is 1. The van der Waals surface area contributed by atoms with Crippen molar-refractivity contribution in [2.24, 2.45) is 0 Å². The van der Waals surface area contributed by atoms with Crippen LogP contribution in [-0.2, 0) is 19.5 Å². The van der Waals surface area contributed by atoms with E-state index in [1.165, 1.54) is 12.1 Å². The number of nitrogens with one attached hydrogen (secondary N) is 1. The summed E-state index contributed by atoms with van der Waals surface area (Å²) in [7, 11) is 0. The van der Waals surface area contributed by atoms with E-state index in [-0.39, 0.29) is 11.8 Å². The lowest BCUT2D eigenvalue weighted by Crippen LogP contribution is -2.34. The number of nitrogens with zero attached hydrogens (tertiary/aromatic N) is 3. The Morgan fingerprint density at radius 3 is 2.77 bits per heavy atom. The Labute approximate surface area is 212 Å². The van der Waals surface area contributed by atoms with Crippen LogP contribution in [0.25, 0.3) is 17.0 Å². The minimum atomic E-state index is -0.241. The number of benzene rings is 2. The van der Waals surface area contributed by atoms with E-state index in [2.05, 4.69) is 21.3 Å². The molecule has 2 aromatic carbocycles. The number of hydrogen-bond acceptors (Lipinski definition) is 3. The third kappa shape index (κ3) is 5.10. The average Bonchev–Trinajstić information content (AvgIpc) is 3.19. The van der Waals surface area contributed by atoms with Gasteiger partial charge in [0.15, 0.2) is 0 Å². The molecule has 0 radical (unpaired) electrons. The molecule has 0 saturated heterocycles. The fraction of sp³-hybridized carbons (Fsp3) is 0.185. The molecule has 1 aliphatic heterocycles. The maximum absolute atomic E-state index is 13.3. The van der Waals surface area contributed by atoms with Crippen molar-refractivity contribution in [3.8, 4) is 0 Å². The summed E-state index contributed by atoms with van der Waals surface area (Å²) in [6.45, 7) is 2.60. The second-order valence-corrected chi connectivity index (χ2v) is 9.28. The van der Waals surface area contributed by atoms with Gasteiger partial charge < -0.3 is 5.32 Å². The topological polar surface area (TPSA) is 50.2 Å². The van der Waals surface area contributed by atoms with Crippen molar-refractivity contribution in [3.05, 3.63) is 105 Å². The minimum Gasteiger partial charge on any atom is -0.333 e. The lowest BCUT2D eigenvalue weighted by Gasteiger charge is -2.27. The van der Waals surface area contributed by atoms with E-state index in [0.717, 1.165) is 52.8 Å². The second-order valence-electron chi connectivity index (χ2n) is 8.48. The van der Waals surface area contributed by atoms with Gasteiger partial charge >= 0.3 is 6.03 Å². The molecule has 0 atom stereocenters. The molecule has 5 nitrogen and oxygen atoms in total. The van der Waals surface area contributed by atoms with Crippen LogP contribution in [0.1, 0.15) is 22.4 Å². The van der Waals surface area contributed by atoms with Crippen molar-refractivity contribution in [2.75, 3.05) is 13.1 Å². The third-order valence-corrected chi connectivity index (χ3v) is 6.69. The van der Waals surface area contributed by atoms with Crippen LogP contribution < -0.4 is 5.32 Å². The molecule has 0 spiro atoms. The first-order chi connectivity index (χ1) is 17.0. The number of carbonyl (C=O) groups excluding carboxylic acids is 1. The zero-order valence-electron chi connectivity index (χ0n) is 18.8. The van der Waals surface area contributed by atoms with Crippen LogP contribution in [0.2, 0.25) is 10.2 Å². The van der Waals surface area contributed by atoms with E-state index in [1.807, 2.05) is 30.3 Å². The Morgan fingerprint density at radius 2 is 1.97 bits per heavy atom. The van der Waals surface area contributed by atoms with E-state index < -0.39 is 0 Å². The predicted octanol–water partition coefficient (Wildman–Crippen LogP) is 6.31. The highest BCUT2D eigenvalue weighted by Crippen LogP contribution is 2.34. The molecule has 8 heteroatoms. The first kappa shape index (κ1) is 23.5. The van der Waals surface area contributed by atoms with E-state index in [0.29, 0.717) is 23.3 Å². The molecule has 0 bridgehead atoms. The number of halogens is 3. The van der Waals surface area contributed by atoms with E-state index in [4.69, 9.17) is 23.2 Å². The second kappa shape index (κ2) is 10.2. The van der Waals surface area contributed by atoms with E-state index in [1.54, 1.807) is 29.0 Å². The molecule has 35 heavy (non-hydrogen) atoms. The minimum absolute atomic E-state index is 0.220. The first-order valence-electron chi connectivity index (χ1n) is 11.3. The van der Waals surface area contributed by atoms with Crippen LogP contribution in [0, 0.1) is 5.82 Å². The van der Waals surface area contributed by atoms with Gasteiger partial charge in [-0.05, 0) is 47.0 Å². The van der Waals surface area contributed by atoms with Gasteiger partial charge in [-0.1, -0.05) is 59.6 Å². The first-order valence-corrected chi connectivity index (χ1v) is 12.1. The lowest BCUT2D eigenvalue weighted by molar-refractivity contribution is 0.240. The smallest absolute Gasteiger partial charge is 0.326 e. The Morgan fingerprint density at radius 1 is 1.14 bits per heavy atom. The van der Waals surface area contributed by atoms with Crippen molar-refractivity contribution in [3.63, 3.8) is 0 Å². The standard InChI is InChI=1S/C27H23Cl2FN4O/c28-23-5-1-4-21-22-17-33(13-2-3-18-6-8-20(30)9-7-18)14-11-24(22)34(26(21)23)27(35)32-16-19-10-12-31-25(29)15-19/h1-10,12,15H,11,13-14,16-17H2,(H,32,35). The van der Waals surface area contributed by atoms with Crippen LogP contribution in [0.5, 0.6) is 0 Å². The van der Waals surface area contributed by atoms with Gasteiger partial charge in [0.1, 0.15) is 11.0 Å². The number of amides is 1. The quantitative estimate of drug-likeness (QED) is 0.321. The predicted molar refractivity (Wildman–Crippen MR) is 138 cm³/mol. The van der Waals surface area contributed by atoms with E-state index >= 15 is 0 Å². The van der Waals surface area contributed by atoms with Gasteiger partial charge in [-0.2, -0.15) is 0 Å². The molecule has 178 valence electrons. The van der Waals surface area contributed by atoms with Gasteiger partial charge in [-0.25, -0.2) is 14.2 Å². The monoisotopic (exact) mass is 508 g/mol. The van der Waals surface area contributed by atoms with Gasteiger partial charge in [-0.3, -0.25) is 9.47 Å². The summed E-state index contributed by atoms with van der Waals surface area (Å²) < 4.78 is 14.8. The zero-order chi connectivity index (χ0) is 24.4. The maximum Gasteiger partial charge on any atom is 0.326 e. The Kier molecular flexibility index (Phi) is 6.86. The number of aromatic nitrogens is 2. The van der Waals surface area contributed by atoms with Gasteiger partial charge in [-0.15, -0.1) is 0 Å². The molecule has 2 aromatic heterocycles. The summed E-state index contributed by atoms with van der Waals surface area (Å²) in [5.41, 5.74) is 4.66. The molecule has 1 N–H and O–H groups in total. The van der Waals surface area contributed by atoms with Crippen LogP contribution in [-0.4, -0.2) is 33.6 Å². The molecule has 0 unspecified atom stereocenters. The maximum atomic E-state index is 13.3. The Hall–Kier alpha value is -3.19. The molecule has 1 amide bonds. The third-order valence-electron chi connectivity index (χ3n) is 6.18. The van der Waals surface area contributed by atoms with Crippen LogP contribution in [0.4, 0.5) is 9.18 Å². The summed E-state index contributed by atoms with van der Waals surface area (Å²) in [6.07, 6.45) is 6.41. The molecule has 0 fully saturated rings. The Balaban J connectivity index is 1.37. The number of rotatable bonds is 5. The summed E-state index contributed by atoms with van der Waals surface area (Å²) in [5.74, 6) is -0.241. The molecule has 0 saturated carbocycles. The van der Waals surface area contributed by atoms with Gasteiger partial charge in [0, 0.05) is 49.9 Å². The molecule has 3 heterocycles. The van der Waals surface area contributed by atoms with Crippen LogP contribution in [0.15, 0.2) is 66.9 Å². The highest BCUT2D eigenvalue weighted by atomic mass is 35.5. The molecule has 4 aromatic rings. The van der Waals surface area contributed by atoms with Gasteiger partial charge in [0.25, 0.3) is 0 Å². The lowest BCUT2D eigenvalue weighted by atomic mass is 10.0. The zero-order valence-corrected chi connectivity index (χ0v) is 20.4. The van der Waals surface area contributed by atoms with Crippen molar-refractivity contribution in [2.45, 2.75) is 19.5 Å². The van der Waals surface area contributed by atoms with Crippen LogP contribution in [0.3, 0.4) is 0 Å². The van der Waals surface area contributed by atoms with Crippen LogP contribution >= 0.6 is 23.2 Å². The summed E-state index contributed by atoms with van der Waals surface area (Å²) >= 11 is 12.6. The van der Waals surface area contributed by atoms with Gasteiger partial charge in [0.05, 0.1) is 10.5 Å². The number of fused-ring (bicyclic) bond motifs is 3. The highest BCUT2D eigenvalue weighted by molar-refractivity contribution is 6.35. The fourth-order valence-electron chi connectivity index (χ4n) is 4.52. The fourth-order valence-corrected chi connectivity index (χ4v) is 4.97. The Bertz CT molecular complexity index is 1410. The number of hydrogen-bond donors (Lipinski definition) is 1. The molecular weight excluding hydrogens is 486 g/mol. The summed E-state index contributed by atoms with van der Waals surface area (Å²) in [4.78, 5) is 19.6. The van der Waals surface area contributed by atoms with Crippen molar-refractivity contribution >= 4 is 46.2 Å². The highest BCUT2D eigenvalue weighted by Gasteiger charge is 2.27. The van der Waals surface area contributed by atoms with Crippen molar-refractivity contribution in [1.82, 2.24) is 19.8 Å². The largest absolute Gasteiger partial charge is 0.333 e. The van der Waals surface area contributed by atoms with Crippen molar-refractivity contribution < 1.29 is 9.18 Å². The van der Waals surface area contributed by atoms with Gasteiger partial charge in [0.2, 0.25) is 0 Å².